The van der Waals surface area contributed by atoms with Crippen LogP contribution >= 0.6 is 0 Å². The molecule has 5 N–H and O–H groups in total. The quantitative estimate of drug-likeness (QED) is 0.0775. The Bertz CT molecular complexity index is 447. The summed E-state index contributed by atoms with van der Waals surface area (Å²) in [5.41, 5.74) is -1.42. The zero-order valence-corrected chi connectivity index (χ0v) is 24.0. The van der Waals surface area contributed by atoms with E-state index >= 15 is 0 Å². The van der Waals surface area contributed by atoms with Gasteiger partial charge in [-0.3, -0.25) is 10.1 Å². The number of unbranched alkanes of at least 4 members (excludes halogenated alkanes) is 15. The van der Waals surface area contributed by atoms with Gasteiger partial charge in [0.05, 0.1) is 30.4 Å². The first-order valence-electron chi connectivity index (χ1n) is 15.4. The molecule has 3 unspecified atom stereocenters. The third-order valence-corrected chi connectivity index (χ3v) is 7.69. The first kappa shape index (κ1) is 35.3. The van der Waals surface area contributed by atoms with E-state index in [1.807, 2.05) is 0 Å². The van der Waals surface area contributed by atoms with Crippen molar-refractivity contribution in [3.05, 3.63) is 0 Å². The number of carbonyl (C=O) groups is 1. The van der Waals surface area contributed by atoms with Gasteiger partial charge in [-0.05, 0) is 19.3 Å². The number of aliphatic carboxylic acids is 1. The molecular weight excluding hydrogens is 454 g/mol. The van der Waals surface area contributed by atoms with Crippen LogP contribution in [0.4, 0.5) is 0 Å². The molecule has 0 aromatic rings. The highest BCUT2D eigenvalue weighted by molar-refractivity contribution is 5.69. The zero-order valence-electron chi connectivity index (χ0n) is 24.0. The fraction of sp³-hybridized carbons (Fsp3) is 0.967. The summed E-state index contributed by atoms with van der Waals surface area (Å²) in [6, 6.07) is 0. The molecule has 0 saturated heterocycles. The van der Waals surface area contributed by atoms with Crippen LogP contribution in [0.25, 0.3) is 0 Å². The average Bonchev–Trinajstić information content (AvgIpc) is 2.85. The van der Waals surface area contributed by atoms with E-state index < -0.39 is 36.4 Å². The molecule has 0 aromatic carbocycles. The van der Waals surface area contributed by atoms with Gasteiger partial charge in [0.15, 0.2) is 0 Å². The van der Waals surface area contributed by atoms with Gasteiger partial charge in [0, 0.05) is 0 Å². The Kier molecular flexibility index (Phi) is 23.0. The van der Waals surface area contributed by atoms with Gasteiger partial charge in [-0.15, -0.1) is 0 Å². The minimum absolute atomic E-state index is 0.394. The highest BCUT2D eigenvalue weighted by Gasteiger charge is 2.49. The molecule has 0 aliphatic carbocycles. The normalized spacial score (nSPS) is 15.9. The van der Waals surface area contributed by atoms with Gasteiger partial charge < -0.3 is 20.4 Å². The molecule has 0 bridgehead atoms. The Hall–Kier alpha value is -0.690. The Morgan fingerprint density at radius 2 is 0.833 bits per heavy atom. The van der Waals surface area contributed by atoms with Crippen LogP contribution in [0.15, 0.2) is 0 Å². The number of carboxylic acids is 1. The maximum Gasteiger partial charge on any atom is 0.317 e. The number of hydrogen-bond donors (Lipinski definition) is 5. The number of nitrogens with one attached hydrogen (secondary N) is 1. The van der Waals surface area contributed by atoms with Gasteiger partial charge in [0.2, 0.25) is 0 Å². The smallest absolute Gasteiger partial charge is 0.317 e. The Balaban J connectivity index is 5.35. The highest BCUT2D eigenvalue weighted by Crippen LogP contribution is 2.31. The van der Waals surface area contributed by atoms with E-state index in [1.165, 1.54) is 57.8 Å². The minimum atomic E-state index is -1.42. The predicted octanol–water partition coefficient (Wildman–Crippen LogP) is 6.73. The largest absolute Gasteiger partial charge is 0.480 e. The van der Waals surface area contributed by atoms with Crippen LogP contribution < -0.4 is 5.32 Å². The summed E-state index contributed by atoms with van der Waals surface area (Å²) in [5, 5.41) is 46.5. The summed E-state index contributed by atoms with van der Waals surface area (Å²) in [5.74, 6) is -1.05. The summed E-state index contributed by atoms with van der Waals surface area (Å²) >= 11 is 0. The summed E-state index contributed by atoms with van der Waals surface area (Å²) < 4.78 is 0. The SMILES string of the molecule is CCCCCCCCC(O)C(NCC(=O)O)(C(O)CCCCCCCC)C(O)CCCCCCCC. The second kappa shape index (κ2) is 23.4. The van der Waals surface area contributed by atoms with Gasteiger partial charge in [-0.2, -0.15) is 0 Å². The molecule has 0 aliphatic heterocycles. The van der Waals surface area contributed by atoms with Crippen LogP contribution in [0.3, 0.4) is 0 Å². The van der Waals surface area contributed by atoms with E-state index in [1.54, 1.807) is 0 Å². The second-order valence-electron chi connectivity index (χ2n) is 10.9. The molecule has 0 aliphatic rings. The lowest BCUT2D eigenvalue weighted by molar-refractivity contribution is -0.140. The van der Waals surface area contributed by atoms with Crippen molar-refractivity contribution in [2.24, 2.45) is 0 Å². The van der Waals surface area contributed by atoms with Gasteiger partial charge >= 0.3 is 5.97 Å². The molecule has 0 aromatic heterocycles. The van der Waals surface area contributed by atoms with Gasteiger partial charge in [0.1, 0.15) is 0 Å². The Morgan fingerprint density at radius 3 is 1.11 bits per heavy atom. The molecule has 3 atom stereocenters. The van der Waals surface area contributed by atoms with Crippen LogP contribution in [-0.4, -0.2) is 56.8 Å². The molecule has 216 valence electrons. The van der Waals surface area contributed by atoms with Gasteiger partial charge in [0.25, 0.3) is 0 Å². The number of rotatable bonds is 27. The maximum absolute atomic E-state index is 11.5. The van der Waals surface area contributed by atoms with Crippen molar-refractivity contribution in [1.82, 2.24) is 5.32 Å². The molecule has 0 rings (SSSR count). The number of hydrogen-bond acceptors (Lipinski definition) is 5. The van der Waals surface area contributed by atoms with Gasteiger partial charge in [-0.25, -0.2) is 0 Å². The fourth-order valence-corrected chi connectivity index (χ4v) is 5.32. The van der Waals surface area contributed by atoms with E-state index in [9.17, 15) is 25.2 Å². The lowest BCUT2D eigenvalue weighted by Crippen LogP contribution is -2.69. The van der Waals surface area contributed by atoms with Crippen LogP contribution in [-0.2, 0) is 4.79 Å². The fourth-order valence-electron chi connectivity index (χ4n) is 5.32. The summed E-state index contributed by atoms with van der Waals surface area (Å²) in [4.78, 5) is 11.5. The molecule has 36 heavy (non-hydrogen) atoms. The highest BCUT2D eigenvalue weighted by atomic mass is 16.4. The van der Waals surface area contributed by atoms with Crippen LogP contribution in [0.1, 0.15) is 156 Å². The molecule has 6 nitrogen and oxygen atoms in total. The van der Waals surface area contributed by atoms with Crippen molar-refractivity contribution in [2.75, 3.05) is 6.54 Å². The minimum Gasteiger partial charge on any atom is -0.480 e. The summed E-state index contributed by atoms with van der Waals surface area (Å²) in [7, 11) is 0. The Morgan fingerprint density at radius 1 is 0.556 bits per heavy atom. The van der Waals surface area contributed by atoms with E-state index in [0.717, 1.165) is 57.8 Å². The first-order chi connectivity index (χ1) is 17.4. The first-order valence-corrected chi connectivity index (χ1v) is 15.4. The van der Waals surface area contributed by atoms with Gasteiger partial charge in [-0.1, -0.05) is 136 Å². The van der Waals surface area contributed by atoms with E-state index in [2.05, 4.69) is 26.1 Å². The topological polar surface area (TPSA) is 110 Å². The van der Waals surface area contributed by atoms with Crippen LogP contribution in [0, 0.1) is 0 Å². The third kappa shape index (κ3) is 15.5. The summed E-state index contributed by atoms with van der Waals surface area (Å²) in [6.45, 7) is 6.16. The van der Waals surface area contributed by atoms with Crippen molar-refractivity contribution < 1.29 is 25.2 Å². The monoisotopic (exact) mass is 515 g/mol. The zero-order chi connectivity index (χ0) is 27.1. The van der Waals surface area contributed by atoms with Crippen molar-refractivity contribution >= 4 is 5.97 Å². The van der Waals surface area contributed by atoms with Crippen LogP contribution in [0.5, 0.6) is 0 Å². The summed E-state index contributed by atoms with van der Waals surface area (Å²) in [6.07, 6.45) is 17.7. The molecule has 0 amide bonds. The lowest BCUT2D eigenvalue weighted by Gasteiger charge is -2.46. The molecule has 6 heteroatoms. The van der Waals surface area contributed by atoms with Crippen molar-refractivity contribution in [3.63, 3.8) is 0 Å². The van der Waals surface area contributed by atoms with Crippen molar-refractivity contribution in [1.29, 1.82) is 0 Å². The standard InChI is InChI=1S/C30H61NO5/c1-4-7-10-13-16-19-22-26(32)30(31-25-29(35)36,27(33)23-20-17-14-11-8-5-2)28(34)24-21-18-15-12-9-6-3/h26-28,31-34H,4-25H2,1-3H3,(H,35,36). The van der Waals surface area contributed by atoms with Crippen molar-refractivity contribution in [3.8, 4) is 0 Å². The number of aliphatic hydroxyl groups excluding tert-OH is 3. The molecule has 0 saturated carbocycles. The molecule has 0 radical (unpaired) electrons. The Labute approximate surface area is 222 Å². The lowest BCUT2D eigenvalue weighted by atomic mass is 9.75. The molecule has 0 spiro atoms. The molecule has 0 heterocycles. The maximum atomic E-state index is 11.5. The van der Waals surface area contributed by atoms with Crippen molar-refractivity contribution in [2.45, 2.75) is 179 Å². The average molecular weight is 516 g/mol. The predicted molar refractivity (Wildman–Crippen MR) is 150 cm³/mol. The molecule has 0 fully saturated rings. The second-order valence-corrected chi connectivity index (χ2v) is 10.9. The number of aliphatic hydroxyl groups is 3. The van der Waals surface area contributed by atoms with E-state index in [4.69, 9.17) is 0 Å². The van der Waals surface area contributed by atoms with E-state index in [0.29, 0.717) is 19.3 Å². The molecular formula is C30H61NO5. The third-order valence-electron chi connectivity index (χ3n) is 7.69. The van der Waals surface area contributed by atoms with E-state index in [-0.39, 0.29) is 0 Å². The van der Waals surface area contributed by atoms with Crippen LogP contribution in [0.2, 0.25) is 0 Å². The number of carboxylic acid groups (broad SMARTS) is 1.